The van der Waals surface area contributed by atoms with Crippen molar-refractivity contribution in [2.75, 3.05) is 46.6 Å². The van der Waals surface area contributed by atoms with Crippen LogP contribution in [0.15, 0.2) is 42.5 Å². The molecule has 1 fully saturated rings. The van der Waals surface area contributed by atoms with Gasteiger partial charge in [-0.05, 0) is 37.1 Å². The number of nitrogens with zero attached hydrogens (tertiary/aromatic N) is 1. The molecule has 41 heavy (non-hydrogen) atoms. The lowest BCUT2D eigenvalue weighted by atomic mass is 10.0. The molecular weight excluding hydrogens is 530 g/mol. The van der Waals surface area contributed by atoms with Crippen molar-refractivity contribution < 1.29 is 33.5 Å². The molecule has 1 aliphatic rings. The zero-order valence-electron chi connectivity index (χ0n) is 24.2. The Labute approximate surface area is 240 Å². The molecule has 1 saturated heterocycles. The van der Waals surface area contributed by atoms with E-state index in [-0.39, 0.29) is 19.7 Å². The molecule has 2 aromatic rings. The quantitative estimate of drug-likeness (QED) is 0.256. The summed E-state index contributed by atoms with van der Waals surface area (Å²) in [5, 5.41) is 10.2. The molecule has 12 nitrogen and oxygen atoms in total. The van der Waals surface area contributed by atoms with Crippen LogP contribution < -0.4 is 21.4 Å². The second-order valence-corrected chi connectivity index (χ2v) is 10.8. The molecule has 3 rings (SSSR count). The molecule has 4 N–H and O–H groups in total. The van der Waals surface area contributed by atoms with E-state index in [0.29, 0.717) is 26.3 Å². The largest absolute Gasteiger partial charge is 0.382 e. The summed E-state index contributed by atoms with van der Waals surface area (Å²) in [5.74, 6) is -2.20. The van der Waals surface area contributed by atoms with Gasteiger partial charge in [-0.2, -0.15) is 0 Å². The topological polar surface area (TPSA) is 147 Å². The van der Waals surface area contributed by atoms with E-state index >= 15 is 0 Å². The molecule has 0 aliphatic carbocycles. The van der Waals surface area contributed by atoms with E-state index in [9.17, 15) is 19.2 Å². The van der Waals surface area contributed by atoms with Crippen LogP contribution in [0.1, 0.15) is 32.8 Å². The number of benzene rings is 2. The fourth-order valence-corrected chi connectivity index (χ4v) is 4.22. The van der Waals surface area contributed by atoms with Crippen molar-refractivity contribution in [1.82, 2.24) is 26.3 Å². The van der Waals surface area contributed by atoms with Crippen molar-refractivity contribution in [2.24, 2.45) is 0 Å². The third kappa shape index (κ3) is 10.7. The predicted molar refractivity (Wildman–Crippen MR) is 152 cm³/mol. The number of carbonyl (C=O) groups is 4. The van der Waals surface area contributed by atoms with Gasteiger partial charge in [0.2, 0.25) is 23.6 Å². The monoisotopic (exact) mass is 571 g/mol. The Hall–Kier alpha value is -3.58. The molecule has 1 unspecified atom stereocenters. The standard InChI is InChI=1S/C29H41N5O7/c1-29(2,3)41-33-25(35)16-23(31-26(36)18-34-12-14-40-15-13-34)28(38)32-24(19-39-4)27(37)30-17-21-10-7-9-20-8-5-6-11-22(20)21/h5-11,23-24H,12-19H2,1-4H3,(H,30,37)(H,31,36)(H,32,38)(H,33,35)/t23-,24?/m0/s1. The first-order chi connectivity index (χ1) is 19.6. The normalized spacial score (nSPS) is 15.5. The number of hydrogen-bond acceptors (Lipinski definition) is 8. The van der Waals surface area contributed by atoms with E-state index in [1.165, 1.54) is 7.11 Å². The van der Waals surface area contributed by atoms with Gasteiger partial charge in [0.25, 0.3) is 0 Å². The summed E-state index contributed by atoms with van der Waals surface area (Å²) >= 11 is 0. The fourth-order valence-electron chi connectivity index (χ4n) is 4.22. The fraction of sp³-hybridized carbons (Fsp3) is 0.517. The SMILES string of the molecule is COCC(NC(=O)[C@H](CC(=O)NOC(C)(C)C)NC(=O)CN1CCOCC1)C(=O)NCc1cccc2ccccc12. The van der Waals surface area contributed by atoms with Crippen LogP contribution in [0.5, 0.6) is 0 Å². The van der Waals surface area contributed by atoms with Crippen molar-refractivity contribution in [3.05, 3.63) is 48.0 Å². The molecule has 0 saturated carbocycles. The maximum Gasteiger partial charge on any atom is 0.246 e. The van der Waals surface area contributed by atoms with Gasteiger partial charge in [-0.15, -0.1) is 0 Å². The number of fused-ring (bicyclic) bond motifs is 1. The molecule has 0 radical (unpaired) electrons. The Bertz CT molecular complexity index is 1190. The van der Waals surface area contributed by atoms with E-state index < -0.39 is 47.7 Å². The van der Waals surface area contributed by atoms with Crippen molar-refractivity contribution >= 4 is 34.4 Å². The summed E-state index contributed by atoms with van der Waals surface area (Å²) in [6.07, 6.45) is -0.395. The number of morpholine rings is 1. The second kappa shape index (κ2) is 15.4. The molecule has 4 amide bonds. The average molecular weight is 572 g/mol. The second-order valence-electron chi connectivity index (χ2n) is 10.8. The van der Waals surface area contributed by atoms with Crippen LogP contribution >= 0.6 is 0 Å². The highest BCUT2D eigenvalue weighted by Crippen LogP contribution is 2.18. The minimum atomic E-state index is -1.25. The van der Waals surface area contributed by atoms with E-state index in [2.05, 4.69) is 21.4 Å². The number of rotatable bonds is 13. The number of nitrogens with one attached hydrogen (secondary N) is 4. The minimum Gasteiger partial charge on any atom is -0.382 e. The van der Waals surface area contributed by atoms with Crippen molar-refractivity contribution in [3.63, 3.8) is 0 Å². The Morgan fingerprint density at radius 3 is 2.34 bits per heavy atom. The number of carbonyl (C=O) groups excluding carboxylic acids is 4. The molecule has 2 aromatic carbocycles. The van der Waals surface area contributed by atoms with Crippen molar-refractivity contribution in [1.29, 1.82) is 0 Å². The third-order valence-corrected chi connectivity index (χ3v) is 6.28. The maximum atomic E-state index is 13.3. The highest BCUT2D eigenvalue weighted by molar-refractivity contribution is 5.95. The van der Waals surface area contributed by atoms with Crippen molar-refractivity contribution in [3.8, 4) is 0 Å². The van der Waals surface area contributed by atoms with Gasteiger partial charge in [-0.3, -0.25) is 28.9 Å². The van der Waals surface area contributed by atoms with Crippen LogP contribution in [0.2, 0.25) is 0 Å². The van der Waals surface area contributed by atoms with Gasteiger partial charge in [0.05, 0.1) is 38.4 Å². The summed E-state index contributed by atoms with van der Waals surface area (Å²) in [5.41, 5.74) is 2.58. The van der Waals surface area contributed by atoms with Crippen molar-refractivity contribution in [2.45, 2.75) is 51.4 Å². The first kappa shape index (κ1) is 31.9. The van der Waals surface area contributed by atoms with Crippen LogP contribution in [0.3, 0.4) is 0 Å². The Morgan fingerprint density at radius 2 is 1.63 bits per heavy atom. The molecule has 2 atom stereocenters. The smallest absolute Gasteiger partial charge is 0.246 e. The number of hydroxylamine groups is 1. The lowest BCUT2D eigenvalue weighted by Gasteiger charge is -2.27. The van der Waals surface area contributed by atoms with Gasteiger partial charge < -0.3 is 25.4 Å². The van der Waals surface area contributed by atoms with E-state index in [0.717, 1.165) is 16.3 Å². The first-order valence-electron chi connectivity index (χ1n) is 13.7. The maximum absolute atomic E-state index is 13.3. The van der Waals surface area contributed by atoms with E-state index in [1.807, 2.05) is 47.4 Å². The summed E-state index contributed by atoms with van der Waals surface area (Å²) in [6.45, 7) is 7.62. The van der Waals surface area contributed by atoms with Gasteiger partial charge in [0, 0.05) is 26.7 Å². The predicted octanol–water partition coefficient (Wildman–Crippen LogP) is 0.641. The van der Waals surface area contributed by atoms with Gasteiger partial charge in [-0.1, -0.05) is 42.5 Å². The molecule has 12 heteroatoms. The number of hydrogen-bond donors (Lipinski definition) is 4. The van der Waals surface area contributed by atoms with Crippen LogP contribution in [-0.4, -0.2) is 92.8 Å². The molecule has 0 spiro atoms. The first-order valence-corrected chi connectivity index (χ1v) is 13.7. The Kier molecular flexibility index (Phi) is 12.0. The molecular formula is C29H41N5O7. The molecule has 224 valence electrons. The van der Waals surface area contributed by atoms with Gasteiger partial charge in [-0.25, -0.2) is 5.48 Å². The Morgan fingerprint density at radius 1 is 0.927 bits per heavy atom. The van der Waals surface area contributed by atoms with E-state index in [1.54, 1.807) is 20.8 Å². The number of amides is 4. The summed E-state index contributed by atoms with van der Waals surface area (Å²) in [4.78, 5) is 59.0. The minimum absolute atomic E-state index is 0.0419. The van der Waals surface area contributed by atoms with Crippen LogP contribution in [-0.2, 0) is 40.0 Å². The van der Waals surface area contributed by atoms with Crippen LogP contribution in [0.4, 0.5) is 0 Å². The highest BCUT2D eigenvalue weighted by Gasteiger charge is 2.30. The number of methoxy groups -OCH3 is 1. The zero-order chi connectivity index (χ0) is 29.8. The average Bonchev–Trinajstić information content (AvgIpc) is 2.94. The van der Waals surface area contributed by atoms with Crippen LogP contribution in [0, 0.1) is 0 Å². The van der Waals surface area contributed by atoms with Gasteiger partial charge >= 0.3 is 0 Å². The van der Waals surface area contributed by atoms with Gasteiger partial charge in [0.1, 0.15) is 12.1 Å². The Balaban J connectivity index is 1.66. The summed E-state index contributed by atoms with van der Waals surface area (Å²) < 4.78 is 10.5. The molecule has 0 bridgehead atoms. The molecule has 0 aromatic heterocycles. The summed E-state index contributed by atoms with van der Waals surface area (Å²) in [7, 11) is 1.41. The van der Waals surface area contributed by atoms with Crippen LogP contribution in [0.25, 0.3) is 10.8 Å². The van der Waals surface area contributed by atoms with Gasteiger partial charge in [0.15, 0.2) is 0 Å². The third-order valence-electron chi connectivity index (χ3n) is 6.28. The molecule has 1 heterocycles. The van der Waals surface area contributed by atoms with E-state index in [4.69, 9.17) is 14.3 Å². The zero-order valence-corrected chi connectivity index (χ0v) is 24.2. The summed E-state index contributed by atoms with van der Waals surface area (Å²) in [6, 6.07) is 11.4. The molecule has 1 aliphatic heterocycles. The highest BCUT2D eigenvalue weighted by atomic mass is 16.7. The number of ether oxygens (including phenoxy) is 2. The lowest BCUT2D eigenvalue weighted by molar-refractivity contribution is -0.147. The lowest BCUT2D eigenvalue weighted by Crippen LogP contribution is -2.57.